The number of halogens is 3. The molecular formula is C10H17F3N2OS. The zero-order chi connectivity index (χ0) is 13.5. The lowest BCUT2D eigenvalue weighted by atomic mass is 10.2. The van der Waals surface area contributed by atoms with E-state index in [-0.39, 0.29) is 24.5 Å². The fourth-order valence-corrected chi connectivity index (χ4v) is 1.38. The summed E-state index contributed by atoms with van der Waals surface area (Å²) in [5, 5.41) is 0. The maximum Gasteiger partial charge on any atom is 0.471 e. The van der Waals surface area contributed by atoms with Crippen LogP contribution in [-0.4, -0.2) is 35.1 Å². The van der Waals surface area contributed by atoms with Crippen LogP contribution in [0.15, 0.2) is 0 Å². The molecular weight excluding hydrogens is 253 g/mol. The second-order valence-electron chi connectivity index (χ2n) is 3.71. The molecule has 0 saturated carbocycles. The van der Waals surface area contributed by atoms with E-state index in [4.69, 9.17) is 5.73 Å². The largest absolute Gasteiger partial charge is 0.471 e. The average Bonchev–Trinajstić information content (AvgIpc) is 2.20. The number of unbranched alkanes of at least 4 members (excludes halogenated alkanes) is 2. The van der Waals surface area contributed by atoms with E-state index in [1.165, 1.54) is 0 Å². The number of hydrogen-bond donors (Lipinski definition) is 1. The molecule has 100 valence electrons. The molecule has 0 aliphatic carbocycles. The van der Waals surface area contributed by atoms with Gasteiger partial charge < -0.3 is 10.6 Å². The zero-order valence-electron chi connectivity index (χ0n) is 9.72. The summed E-state index contributed by atoms with van der Waals surface area (Å²) in [7, 11) is 0. The smallest absolute Gasteiger partial charge is 0.393 e. The quantitative estimate of drug-likeness (QED) is 0.570. The summed E-state index contributed by atoms with van der Waals surface area (Å²) in [4.78, 5) is 12.0. The van der Waals surface area contributed by atoms with Crippen LogP contribution in [0.3, 0.4) is 0 Å². The van der Waals surface area contributed by atoms with Crippen molar-refractivity contribution in [1.29, 1.82) is 0 Å². The van der Waals surface area contributed by atoms with Crippen molar-refractivity contribution in [2.24, 2.45) is 5.73 Å². The van der Waals surface area contributed by atoms with Crippen LogP contribution in [0.2, 0.25) is 0 Å². The second-order valence-corrected chi connectivity index (χ2v) is 4.24. The minimum Gasteiger partial charge on any atom is -0.393 e. The lowest BCUT2D eigenvalue weighted by Crippen LogP contribution is -2.42. The van der Waals surface area contributed by atoms with Gasteiger partial charge in [-0.2, -0.15) is 13.2 Å². The van der Waals surface area contributed by atoms with Crippen LogP contribution in [0, 0.1) is 0 Å². The molecule has 0 unspecified atom stereocenters. The minimum atomic E-state index is -4.83. The first-order valence-corrected chi connectivity index (χ1v) is 5.84. The van der Waals surface area contributed by atoms with Gasteiger partial charge >= 0.3 is 12.1 Å². The summed E-state index contributed by atoms with van der Waals surface area (Å²) < 4.78 is 36.8. The number of amides is 1. The van der Waals surface area contributed by atoms with Gasteiger partial charge in [0, 0.05) is 19.5 Å². The maximum absolute atomic E-state index is 12.3. The fourth-order valence-electron chi connectivity index (χ4n) is 1.29. The molecule has 0 aliphatic heterocycles. The molecule has 0 aromatic carbocycles. The number of hydrogen-bond acceptors (Lipinski definition) is 2. The molecule has 0 spiro atoms. The molecule has 7 heteroatoms. The molecule has 2 N–H and O–H groups in total. The molecule has 0 rings (SSSR count). The predicted octanol–water partition coefficient (Wildman–Crippen LogP) is 2.24. The molecule has 0 aromatic rings. The van der Waals surface area contributed by atoms with E-state index in [9.17, 15) is 18.0 Å². The van der Waals surface area contributed by atoms with Gasteiger partial charge in [-0.3, -0.25) is 4.79 Å². The van der Waals surface area contributed by atoms with E-state index in [0.717, 1.165) is 17.7 Å². The standard InChI is InChI=1S/C10H17F3N2OS/c1-2-3-4-6-15(7-5-8(14)17)9(16)10(11,12)13/h2-7H2,1H3,(H2,14,17). The van der Waals surface area contributed by atoms with Crippen LogP contribution in [0.1, 0.15) is 32.6 Å². The van der Waals surface area contributed by atoms with Crippen molar-refractivity contribution >= 4 is 23.1 Å². The number of carbonyl (C=O) groups is 1. The summed E-state index contributed by atoms with van der Waals surface area (Å²) in [6.45, 7) is 1.96. The van der Waals surface area contributed by atoms with Gasteiger partial charge in [-0.25, -0.2) is 0 Å². The Morgan fingerprint density at radius 1 is 1.29 bits per heavy atom. The Labute approximate surface area is 104 Å². The number of carbonyl (C=O) groups excluding carboxylic acids is 1. The predicted molar refractivity (Wildman–Crippen MR) is 63.6 cm³/mol. The number of nitrogens with zero attached hydrogens (tertiary/aromatic N) is 1. The Morgan fingerprint density at radius 2 is 1.88 bits per heavy atom. The fraction of sp³-hybridized carbons (Fsp3) is 0.800. The Kier molecular flexibility index (Phi) is 7.10. The minimum absolute atomic E-state index is 0.0720. The van der Waals surface area contributed by atoms with Gasteiger partial charge in [0.15, 0.2) is 0 Å². The molecule has 0 aromatic heterocycles. The molecule has 0 bridgehead atoms. The molecule has 17 heavy (non-hydrogen) atoms. The van der Waals surface area contributed by atoms with Gasteiger partial charge in [0.05, 0.1) is 4.99 Å². The van der Waals surface area contributed by atoms with E-state index >= 15 is 0 Å². The van der Waals surface area contributed by atoms with Gasteiger partial charge in [0.2, 0.25) is 0 Å². The van der Waals surface area contributed by atoms with Crippen LogP contribution in [-0.2, 0) is 4.79 Å². The molecule has 3 nitrogen and oxygen atoms in total. The summed E-state index contributed by atoms with van der Waals surface area (Å²) >= 11 is 4.59. The van der Waals surface area contributed by atoms with E-state index < -0.39 is 12.1 Å². The summed E-state index contributed by atoms with van der Waals surface area (Å²) in [6.07, 6.45) is -2.50. The Hall–Kier alpha value is -0.850. The Bertz CT molecular complexity index is 269. The van der Waals surface area contributed by atoms with Gasteiger partial charge in [0.1, 0.15) is 0 Å². The first kappa shape index (κ1) is 16.1. The normalized spacial score (nSPS) is 11.3. The molecule has 0 radical (unpaired) electrons. The van der Waals surface area contributed by atoms with Gasteiger partial charge in [-0.1, -0.05) is 32.0 Å². The van der Waals surface area contributed by atoms with Gasteiger partial charge in [-0.15, -0.1) is 0 Å². The Balaban J connectivity index is 4.38. The highest BCUT2D eigenvalue weighted by atomic mass is 32.1. The SMILES string of the molecule is CCCCCN(CCC(N)=S)C(=O)C(F)(F)F. The van der Waals surface area contributed by atoms with Crippen molar-refractivity contribution in [2.75, 3.05) is 13.1 Å². The first-order valence-electron chi connectivity index (χ1n) is 5.43. The van der Waals surface area contributed by atoms with E-state index in [1.807, 2.05) is 6.92 Å². The van der Waals surface area contributed by atoms with Crippen LogP contribution in [0.25, 0.3) is 0 Å². The van der Waals surface area contributed by atoms with E-state index in [2.05, 4.69) is 12.2 Å². The van der Waals surface area contributed by atoms with Crippen LogP contribution in [0.5, 0.6) is 0 Å². The van der Waals surface area contributed by atoms with Crippen LogP contribution in [0.4, 0.5) is 13.2 Å². The van der Waals surface area contributed by atoms with Gasteiger partial charge in [0.25, 0.3) is 0 Å². The highest BCUT2D eigenvalue weighted by molar-refractivity contribution is 7.80. The highest BCUT2D eigenvalue weighted by Crippen LogP contribution is 2.19. The number of thiocarbonyl (C=S) groups is 1. The van der Waals surface area contributed by atoms with Gasteiger partial charge in [-0.05, 0) is 6.42 Å². The Morgan fingerprint density at radius 3 is 2.29 bits per heavy atom. The maximum atomic E-state index is 12.3. The van der Waals surface area contributed by atoms with Crippen molar-refractivity contribution in [2.45, 2.75) is 38.8 Å². The average molecular weight is 270 g/mol. The first-order chi connectivity index (χ1) is 7.79. The van der Waals surface area contributed by atoms with E-state index in [0.29, 0.717) is 6.42 Å². The molecule has 0 heterocycles. The second kappa shape index (κ2) is 7.47. The molecule has 0 saturated heterocycles. The number of rotatable bonds is 7. The van der Waals surface area contributed by atoms with Crippen LogP contribution < -0.4 is 5.73 Å². The summed E-state index contributed by atoms with van der Waals surface area (Å²) in [6, 6.07) is 0. The molecule has 0 atom stereocenters. The third-order valence-electron chi connectivity index (χ3n) is 2.19. The monoisotopic (exact) mass is 270 g/mol. The van der Waals surface area contributed by atoms with Crippen molar-refractivity contribution in [1.82, 2.24) is 4.90 Å². The third-order valence-corrected chi connectivity index (χ3v) is 2.39. The van der Waals surface area contributed by atoms with Crippen molar-refractivity contribution in [3.05, 3.63) is 0 Å². The lowest BCUT2D eigenvalue weighted by molar-refractivity contribution is -0.185. The van der Waals surface area contributed by atoms with Crippen molar-refractivity contribution in [3.8, 4) is 0 Å². The summed E-state index contributed by atoms with van der Waals surface area (Å²) in [5.41, 5.74) is 5.22. The zero-order valence-corrected chi connectivity index (χ0v) is 10.5. The highest BCUT2D eigenvalue weighted by Gasteiger charge is 2.42. The lowest BCUT2D eigenvalue weighted by Gasteiger charge is -2.23. The van der Waals surface area contributed by atoms with Crippen LogP contribution >= 0.6 is 12.2 Å². The summed E-state index contributed by atoms with van der Waals surface area (Å²) in [5.74, 6) is -1.81. The van der Waals surface area contributed by atoms with E-state index in [1.54, 1.807) is 0 Å². The molecule has 1 amide bonds. The van der Waals surface area contributed by atoms with Crippen molar-refractivity contribution in [3.63, 3.8) is 0 Å². The van der Waals surface area contributed by atoms with Crippen molar-refractivity contribution < 1.29 is 18.0 Å². The number of nitrogens with two attached hydrogens (primary N) is 1. The third kappa shape index (κ3) is 7.14. The molecule has 0 fully saturated rings. The molecule has 0 aliphatic rings. The number of alkyl halides is 3. The topological polar surface area (TPSA) is 46.3 Å².